The SMILES string of the molecule is O=C(O)CN(c1ccc2ccccc2c1)S(=O)(=O)c1ccc(Br)cc1. The Morgan fingerprint density at radius 1 is 0.960 bits per heavy atom. The van der Waals surface area contributed by atoms with E-state index in [0.717, 1.165) is 19.6 Å². The maximum absolute atomic E-state index is 13.0. The van der Waals surface area contributed by atoms with E-state index >= 15 is 0 Å². The number of hydrogen-bond acceptors (Lipinski definition) is 3. The van der Waals surface area contributed by atoms with Crippen LogP contribution in [-0.4, -0.2) is 26.0 Å². The number of carboxylic acid groups (broad SMARTS) is 1. The fraction of sp³-hybridized carbons (Fsp3) is 0.0556. The van der Waals surface area contributed by atoms with Crippen LogP contribution in [0.5, 0.6) is 0 Å². The van der Waals surface area contributed by atoms with E-state index in [-0.39, 0.29) is 4.90 Å². The predicted molar refractivity (Wildman–Crippen MR) is 100 cm³/mol. The first kappa shape index (κ1) is 17.4. The van der Waals surface area contributed by atoms with E-state index in [4.69, 9.17) is 0 Å². The molecule has 0 saturated heterocycles. The molecule has 0 atom stereocenters. The van der Waals surface area contributed by atoms with E-state index in [1.165, 1.54) is 12.1 Å². The van der Waals surface area contributed by atoms with E-state index in [1.807, 2.05) is 24.3 Å². The monoisotopic (exact) mass is 419 g/mol. The summed E-state index contributed by atoms with van der Waals surface area (Å²) in [6.45, 7) is -0.656. The molecule has 3 aromatic carbocycles. The molecule has 1 N–H and O–H groups in total. The minimum atomic E-state index is -4.00. The Kier molecular flexibility index (Phi) is 4.78. The molecule has 3 aromatic rings. The van der Waals surface area contributed by atoms with E-state index < -0.39 is 22.5 Å². The summed E-state index contributed by atoms with van der Waals surface area (Å²) >= 11 is 3.26. The number of sulfonamides is 1. The maximum Gasteiger partial charge on any atom is 0.324 e. The molecule has 0 amide bonds. The molecule has 0 saturated carbocycles. The molecule has 0 aliphatic carbocycles. The van der Waals surface area contributed by atoms with Crippen molar-refractivity contribution >= 4 is 48.4 Å². The Morgan fingerprint density at radius 2 is 1.60 bits per heavy atom. The highest BCUT2D eigenvalue weighted by atomic mass is 79.9. The van der Waals surface area contributed by atoms with E-state index in [2.05, 4.69) is 15.9 Å². The van der Waals surface area contributed by atoms with Crippen molar-refractivity contribution in [2.45, 2.75) is 4.90 Å². The van der Waals surface area contributed by atoms with Crippen LogP contribution < -0.4 is 4.31 Å². The quantitative estimate of drug-likeness (QED) is 0.680. The van der Waals surface area contributed by atoms with Gasteiger partial charge >= 0.3 is 5.97 Å². The summed E-state index contributed by atoms with van der Waals surface area (Å²) < 4.78 is 27.6. The molecule has 0 aliphatic heterocycles. The van der Waals surface area contributed by atoms with Crippen LogP contribution in [0.15, 0.2) is 76.1 Å². The lowest BCUT2D eigenvalue weighted by molar-refractivity contribution is -0.135. The normalized spacial score (nSPS) is 11.4. The third-order valence-electron chi connectivity index (χ3n) is 3.70. The van der Waals surface area contributed by atoms with Gasteiger partial charge in [0.2, 0.25) is 0 Å². The Morgan fingerprint density at radius 3 is 2.24 bits per heavy atom. The number of carbonyl (C=O) groups is 1. The number of aliphatic carboxylic acids is 1. The summed E-state index contributed by atoms with van der Waals surface area (Å²) in [7, 11) is -4.00. The molecule has 25 heavy (non-hydrogen) atoms. The second kappa shape index (κ2) is 6.85. The van der Waals surface area contributed by atoms with Gasteiger partial charge in [-0.15, -0.1) is 0 Å². The molecular weight excluding hydrogens is 406 g/mol. The highest BCUT2D eigenvalue weighted by molar-refractivity contribution is 9.10. The molecular formula is C18H14BrNO4S. The molecule has 128 valence electrons. The zero-order chi connectivity index (χ0) is 18.0. The van der Waals surface area contributed by atoms with Crippen molar-refractivity contribution in [1.82, 2.24) is 0 Å². The van der Waals surface area contributed by atoms with Crippen molar-refractivity contribution in [2.75, 3.05) is 10.8 Å². The molecule has 3 rings (SSSR count). The summed E-state index contributed by atoms with van der Waals surface area (Å²) in [4.78, 5) is 11.3. The Hall–Kier alpha value is -2.38. The number of fused-ring (bicyclic) bond motifs is 1. The third kappa shape index (κ3) is 3.67. The number of rotatable bonds is 5. The first-order chi connectivity index (χ1) is 11.9. The number of hydrogen-bond donors (Lipinski definition) is 1. The van der Waals surface area contributed by atoms with Gasteiger partial charge in [-0.05, 0) is 47.2 Å². The smallest absolute Gasteiger partial charge is 0.324 e. The Labute approximate surface area is 153 Å². The van der Waals surface area contributed by atoms with Crippen LogP contribution in [0, 0.1) is 0 Å². The standard InChI is InChI=1S/C18H14BrNO4S/c19-15-6-9-17(10-7-15)25(23,24)20(12-18(21)22)16-8-5-13-3-1-2-4-14(13)11-16/h1-11H,12H2,(H,21,22). The predicted octanol–water partition coefficient (Wildman–Crippen LogP) is 3.88. The number of benzene rings is 3. The summed E-state index contributed by atoms with van der Waals surface area (Å²) in [5.74, 6) is -1.23. The minimum Gasteiger partial charge on any atom is -0.480 e. The van der Waals surface area contributed by atoms with Crippen molar-refractivity contribution in [2.24, 2.45) is 0 Å². The van der Waals surface area contributed by atoms with Crippen LogP contribution >= 0.6 is 15.9 Å². The van der Waals surface area contributed by atoms with Crippen molar-refractivity contribution in [3.05, 3.63) is 71.2 Å². The van der Waals surface area contributed by atoms with Gasteiger partial charge in [-0.25, -0.2) is 8.42 Å². The lowest BCUT2D eigenvalue weighted by Gasteiger charge is -2.23. The van der Waals surface area contributed by atoms with Crippen LogP contribution in [0.4, 0.5) is 5.69 Å². The van der Waals surface area contributed by atoms with Crippen molar-refractivity contribution in [1.29, 1.82) is 0 Å². The number of anilines is 1. The molecule has 0 spiro atoms. The molecule has 0 unspecified atom stereocenters. The average Bonchev–Trinajstić information content (AvgIpc) is 2.59. The van der Waals surface area contributed by atoms with Crippen molar-refractivity contribution in [3.63, 3.8) is 0 Å². The molecule has 0 aliphatic rings. The van der Waals surface area contributed by atoms with E-state index in [0.29, 0.717) is 5.69 Å². The van der Waals surface area contributed by atoms with Gasteiger partial charge in [0, 0.05) is 4.47 Å². The van der Waals surface area contributed by atoms with Crippen LogP contribution in [0.3, 0.4) is 0 Å². The third-order valence-corrected chi connectivity index (χ3v) is 6.02. The molecule has 0 fully saturated rings. The van der Waals surface area contributed by atoms with E-state index in [1.54, 1.807) is 30.3 Å². The average molecular weight is 420 g/mol. The highest BCUT2D eigenvalue weighted by Gasteiger charge is 2.27. The van der Waals surface area contributed by atoms with Gasteiger partial charge in [-0.1, -0.05) is 46.3 Å². The topological polar surface area (TPSA) is 74.7 Å². The van der Waals surface area contributed by atoms with Crippen LogP contribution in [0.25, 0.3) is 10.8 Å². The lowest BCUT2D eigenvalue weighted by atomic mass is 10.1. The second-order valence-corrected chi connectivity index (χ2v) is 8.17. The van der Waals surface area contributed by atoms with Gasteiger partial charge in [-0.2, -0.15) is 0 Å². The van der Waals surface area contributed by atoms with Crippen molar-refractivity contribution in [3.8, 4) is 0 Å². The van der Waals surface area contributed by atoms with Gasteiger partial charge in [0.15, 0.2) is 0 Å². The van der Waals surface area contributed by atoms with Gasteiger partial charge < -0.3 is 5.11 Å². The largest absolute Gasteiger partial charge is 0.480 e. The number of carboxylic acids is 1. The number of halogens is 1. The number of nitrogens with zero attached hydrogens (tertiary/aromatic N) is 1. The van der Waals surface area contributed by atoms with Crippen LogP contribution in [0.2, 0.25) is 0 Å². The summed E-state index contributed by atoms with van der Waals surface area (Å²) in [6, 6.07) is 18.6. The Bertz CT molecular complexity index is 1030. The van der Waals surface area contributed by atoms with Gasteiger partial charge in [0.25, 0.3) is 10.0 Å². The summed E-state index contributed by atoms with van der Waals surface area (Å²) in [6.07, 6.45) is 0. The van der Waals surface area contributed by atoms with Crippen LogP contribution in [-0.2, 0) is 14.8 Å². The highest BCUT2D eigenvalue weighted by Crippen LogP contribution is 2.27. The summed E-state index contributed by atoms with van der Waals surface area (Å²) in [5, 5.41) is 11.0. The fourth-order valence-electron chi connectivity index (χ4n) is 2.50. The van der Waals surface area contributed by atoms with Crippen molar-refractivity contribution < 1.29 is 18.3 Å². The zero-order valence-corrected chi connectivity index (χ0v) is 15.4. The zero-order valence-electron chi connectivity index (χ0n) is 13.0. The second-order valence-electron chi connectivity index (χ2n) is 5.39. The summed E-state index contributed by atoms with van der Waals surface area (Å²) in [5.41, 5.74) is 0.309. The van der Waals surface area contributed by atoms with Gasteiger partial charge in [0.05, 0.1) is 10.6 Å². The molecule has 5 nitrogen and oxygen atoms in total. The maximum atomic E-state index is 13.0. The first-order valence-electron chi connectivity index (χ1n) is 7.37. The van der Waals surface area contributed by atoms with Crippen LogP contribution in [0.1, 0.15) is 0 Å². The molecule has 0 bridgehead atoms. The molecule has 0 heterocycles. The fourth-order valence-corrected chi connectivity index (χ4v) is 4.17. The van der Waals surface area contributed by atoms with Gasteiger partial charge in [-0.3, -0.25) is 9.10 Å². The van der Waals surface area contributed by atoms with E-state index in [9.17, 15) is 18.3 Å². The lowest BCUT2D eigenvalue weighted by Crippen LogP contribution is -2.35. The Balaban J connectivity index is 2.12. The first-order valence-corrected chi connectivity index (χ1v) is 9.60. The minimum absolute atomic E-state index is 0.0325. The van der Waals surface area contributed by atoms with Gasteiger partial charge in [0.1, 0.15) is 6.54 Å². The molecule has 0 radical (unpaired) electrons. The molecule has 7 heteroatoms. The molecule has 0 aromatic heterocycles.